The van der Waals surface area contributed by atoms with E-state index in [0.717, 1.165) is 25.9 Å². The molecule has 1 heterocycles. The van der Waals surface area contributed by atoms with Crippen molar-refractivity contribution in [3.8, 4) is 0 Å². The van der Waals surface area contributed by atoms with Crippen LogP contribution in [0.15, 0.2) is 0 Å². The van der Waals surface area contributed by atoms with Crippen LogP contribution in [-0.2, 0) is 14.4 Å². The largest absolute Gasteiger partial charge is 0.342 e. The van der Waals surface area contributed by atoms with E-state index in [1.807, 2.05) is 25.7 Å². The molecule has 0 spiro atoms. The first kappa shape index (κ1) is 18.0. The van der Waals surface area contributed by atoms with Crippen LogP contribution in [0.4, 0.5) is 0 Å². The number of carbonyl (C=O) groups is 3. The minimum atomic E-state index is -0.653. The smallest absolute Gasteiger partial charge is 0.232 e. The molecule has 1 N–H and O–H groups in total. The standard InChI is InChI=1S/C18H30N2O3/c1-6-8-20(9-7-2)15(23)18(5)11-16(3)10-17(4,12-18)14(22)19-13(16)21/h6-12H2,1-5H3,(H,19,21,22). The first-order valence-electron chi connectivity index (χ1n) is 8.75. The molecule has 2 aliphatic rings. The van der Waals surface area contributed by atoms with Gasteiger partial charge in [0, 0.05) is 29.3 Å². The summed E-state index contributed by atoms with van der Waals surface area (Å²) in [4.78, 5) is 39.8. The molecule has 0 radical (unpaired) electrons. The van der Waals surface area contributed by atoms with Crippen molar-refractivity contribution < 1.29 is 14.4 Å². The molecule has 0 aromatic heterocycles. The van der Waals surface area contributed by atoms with Gasteiger partial charge in [0.25, 0.3) is 0 Å². The Kier molecular flexibility index (Phi) is 4.62. The third kappa shape index (κ3) is 3.02. The quantitative estimate of drug-likeness (QED) is 0.791. The van der Waals surface area contributed by atoms with Crippen molar-refractivity contribution in [3.63, 3.8) is 0 Å². The molecule has 3 amide bonds. The maximum atomic E-state index is 13.2. The first-order valence-corrected chi connectivity index (χ1v) is 8.75. The maximum Gasteiger partial charge on any atom is 0.232 e. The van der Waals surface area contributed by atoms with Gasteiger partial charge in [0.1, 0.15) is 0 Å². The molecule has 5 heteroatoms. The molecule has 1 aliphatic heterocycles. The van der Waals surface area contributed by atoms with Crippen molar-refractivity contribution >= 4 is 17.7 Å². The van der Waals surface area contributed by atoms with Crippen LogP contribution < -0.4 is 5.32 Å². The van der Waals surface area contributed by atoms with Crippen LogP contribution in [0.25, 0.3) is 0 Å². The van der Waals surface area contributed by atoms with Crippen LogP contribution in [0, 0.1) is 16.2 Å². The molecule has 130 valence electrons. The Morgan fingerprint density at radius 1 is 0.957 bits per heavy atom. The minimum absolute atomic E-state index is 0.0980. The predicted octanol–water partition coefficient (Wildman–Crippen LogP) is 2.49. The van der Waals surface area contributed by atoms with Crippen molar-refractivity contribution in [2.45, 2.75) is 66.7 Å². The number of fused-ring (bicyclic) bond motifs is 2. The molecule has 23 heavy (non-hydrogen) atoms. The lowest BCUT2D eigenvalue weighted by Crippen LogP contribution is -2.64. The van der Waals surface area contributed by atoms with Crippen LogP contribution in [-0.4, -0.2) is 35.7 Å². The average molecular weight is 322 g/mol. The number of nitrogens with one attached hydrogen (secondary N) is 1. The number of hydrogen-bond acceptors (Lipinski definition) is 3. The third-order valence-corrected chi connectivity index (χ3v) is 5.45. The number of carbonyl (C=O) groups excluding carboxylic acids is 3. The number of piperidine rings is 1. The highest BCUT2D eigenvalue weighted by Crippen LogP contribution is 2.57. The fourth-order valence-corrected chi connectivity index (χ4v) is 4.88. The van der Waals surface area contributed by atoms with Crippen LogP contribution >= 0.6 is 0 Å². The van der Waals surface area contributed by atoms with Gasteiger partial charge in [-0.15, -0.1) is 0 Å². The summed E-state index contributed by atoms with van der Waals surface area (Å²) in [6.07, 6.45) is 3.38. The van der Waals surface area contributed by atoms with Crippen molar-refractivity contribution in [1.82, 2.24) is 10.2 Å². The molecule has 2 unspecified atom stereocenters. The zero-order chi connectivity index (χ0) is 17.5. The molecule has 2 bridgehead atoms. The maximum absolute atomic E-state index is 13.2. The van der Waals surface area contributed by atoms with E-state index in [2.05, 4.69) is 19.2 Å². The Labute approximate surface area is 139 Å². The highest BCUT2D eigenvalue weighted by Gasteiger charge is 2.61. The molecular weight excluding hydrogens is 292 g/mol. The second kappa shape index (κ2) is 5.91. The Bertz CT molecular complexity index is 496. The van der Waals surface area contributed by atoms with Crippen LogP contribution in [0.1, 0.15) is 66.7 Å². The molecular formula is C18H30N2O3. The van der Waals surface area contributed by atoms with Crippen molar-refractivity contribution in [2.75, 3.05) is 13.1 Å². The Morgan fingerprint density at radius 3 is 1.78 bits per heavy atom. The van der Waals surface area contributed by atoms with Gasteiger partial charge in [0.05, 0.1) is 0 Å². The summed E-state index contributed by atoms with van der Waals surface area (Å²) < 4.78 is 0. The highest BCUT2D eigenvalue weighted by atomic mass is 16.2. The molecule has 0 aromatic carbocycles. The normalized spacial score (nSPS) is 36.6. The molecule has 2 rings (SSSR count). The van der Waals surface area contributed by atoms with E-state index < -0.39 is 16.2 Å². The van der Waals surface area contributed by atoms with Gasteiger partial charge < -0.3 is 4.90 Å². The van der Waals surface area contributed by atoms with Gasteiger partial charge in [-0.1, -0.05) is 34.6 Å². The summed E-state index contributed by atoms with van der Waals surface area (Å²) in [5.41, 5.74) is -1.94. The molecule has 5 nitrogen and oxygen atoms in total. The first-order chi connectivity index (χ1) is 10.6. The highest BCUT2D eigenvalue weighted by molar-refractivity contribution is 6.04. The summed E-state index contributed by atoms with van der Waals surface area (Å²) in [6.45, 7) is 11.3. The van der Waals surface area contributed by atoms with E-state index in [1.165, 1.54) is 0 Å². The van der Waals surface area contributed by atoms with Crippen molar-refractivity contribution in [2.24, 2.45) is 16.2 Å². The van der Waals surface area contributed by atoms with Gasteiger partial charge >= 0.3 is 0 Å². The predicted molar refractivity (Wildman–Crippen MR) is 88.5 cm³/mol. The van der Waals surface area contributed by atoms with E-state index >= 15 is 0 Å². The number of imide groups is 1. The SMILES string of the molecule is CCCN(CCC)C(=O)C1(C)CC2(C)CC(C)(C1)C(=O)NC2=O. The van der Waals surface area contributed by atoms with Gasteiger partial charge in [0.2, 0.25) is 17.7 Å². The second-order valence-corrected chi connectivity index (χ2v) is 8.29. The Hall–Kier alpha value is -1.39. The van der Waals surface area contributed by atoms with Crippen LogP contribution in [0.2, 0.25) is 0 Å². The van der Waals surface area contributed by atoms with Gasteiger partial charge in [-0.2, -0.15) is 0 Å². The van der Waals surface area contributed by atoms with Gasteiger partial charge in [0.15, 0.2) is 0 Å². The lowest BCUT2D eigenvalue weighted by molar-refractivity contribution is -0.167. The molecule has 1 saturated heterocycles. The van der Waals surface area contributed by atoms with Crippen LogP contribution in [0.3, 0.4) is 0 Å². The summed E-state index contributed by atoms with van der Waals surface area (Å²) in [7, 11) is 0. The number of nitrogens with zero attached hydrogens (tertiary/aromatic N) is 1. The fraction of sp³-hybridized carbons (Fsp3) is 0.833. The molecule has 2 fully saturated rings. The second-order valence-electron chi connectivity index (χ2n) is 8.29. The zero-order valence-electron chi connectivity index (χ0n) is 15.1. The van der Waals surface area contributed by atoms with E-state index in [9.17, 15) is 14.4 Å². The third-order valence-electron chi connectivity index (χ3n) is 5.45. The average Bonchev–Trinajstić information content (AvgIpc) is 2.43. The lowest BCUT2D eigenvalue weighted by atomic mass is 9.52. The van der Waals surface area contributed by atoms with Crippen molar-refractivity contribution in [1.29, 1.82) is 0 Å². The topological polar surface area (TPSA) is 66.5 Å². The van der Waals surface area contributed by atoms with Gasteiger partial charge in [-0.25, -0.2) is 0 Å². The van der Waals surface area contributed by atoms with Gasteiger partial charge in [-0.05, 0) is 32.1 Å². The molecule has 1 saturated carbocycles. The monoisotopic (exact) mass is 322 g/mol. The van der Waals surface area contributed by atoms with E-state index in [1.54, 1.807) is 0 Å². The van der Waals surface area contributed by atoms with E-state index in [0.29, 0.717) is 19.3 Å². The summed E-state index contributed by atoms with van der Waals surface area (Å²) in [5, 5.41) is 2.52. The van der Waals surface area contributed by atoms with Crippen LogP contribution in [0.5, 0.6) is 0 Å². The summed E-state index contributed by atoms with van der Waals surface area (Å²) in [6, 6.07) is 0. The lowest BCUT2D eigenvalue weighted by Gasteiger charge is -2.54. The molecule has 2 atom stereocenters. The summed E-state index contributed by atoms with van der Waals surface area (Å²) in [5.74, 6) is -0.353. The number of hydrogen-bond donors (Lipinski definition) is 1. The molecule has 1 aliphatic carbocycles. The number of amides is 3. The number of rotatable bonds is 5. The van der Waals surface area contributed by atoms with Gasteiger partial charge in [-0.3, -0.25) is 19.7 Å². The fourth-order valence-electron chi connectivity index (χ4n) is 4.88. The minimum Gasteiger partial charge on any atom is -0.342 e. The molecule has 0 aromatic rings. The Morgan fingerprint density at radius 2 is 1.39 bits per heavy atom. The van der Waals surface area contributed by atoms with Crippen molar-refractivity contribution in [3.05, 3.63) is 0 Å². The van der Waals surface area contributed by atoms with E-state index in [4.69, 9.17) is 0 Å². The summed E-state index contributed by atoms with van der Waals surface area (Å²) >= 11 is 0. The van der Waals surface area contributed by atoms with E-state index in [-0.39, 0.29) is 17.7 Å². The zero-order valence-corrected chi connectivity index (χ0v) is 15.1. The Balaban J connectivity index is 2.35.